The predicted octanol–water partition coefficient (Wildman–Crippen LogP) is 3.29. The molecule has 1 fully saturated rings. The fourth-order valence-corrected chi connectivity index (χ4v) is 2.73. The Hall–Kier alpha value is -2.14. The topological polar surface area (TPSA) is 58.1 Å². The number of aryl methyl sites for hydroxylation is 1. The lowest BCUT2D eigenvalue weighted by molar-refractivity contribution is 0.102. The molecule has 1 aromatic heterocycles. The molecule has 0 saturated carbocycles. The average Bonchev–Trinajstić information content (AvgIpc) is 3.04. The van der Waals surface area contributed by atoms with Gasteiger partial charge in [0, 0.05) is 23.8 Å². The van der Waals surface area contributed by atoms with Crippen molar-refractivity contribution in [2.75, 3.05) is 23.3 Å². The largest absolute Gasteiger partial charge is 0.355 e. The standard InChI is InChI=1S/C16H17ClN4O/c1-11-8-12(17)4-5-13(11)20-16(22)14-9-19-15(10-18-14)21-6-2-3-7-21/h4-5,8-10H,2-3,6-7H2,1H3,(H,20,22). The molecular weight excluding hydrogens is 300 g/mol. The summed E-state index contributed by atoms with van der Waals surface area (Å²) in [5.74, 6) is 0.558. The Bertz CT molecular complexity index is 681. The fourth-order valence-electron chi connectivity index (χ4n) is 2.50. The lowest BCUT2D eigenvalue weighted by Crippen LogP contribution is -2.20. The molecule has 3 rings (SSSR count). The zero-order valence-corrected chi connectivity index (χ0v) is 13.1. The molecule has 1 N–H and O–H groups in total. The maximum absolute atomic E-state index is 12.2. The van der Waals surface area contributed by atoms with Crippen LogP contribution in [0.25, 0.3) is 0 Å². The highest BCUT2D eigenvalue weighted by Crippen LogP contribution is 2.20. The number of hydrogen-bond donors (Lipinski definition) is 1. The second-order valence-corrected chi connectivity index (χ2v) is 5.80. The molecule has 2 aromatic rings. The molecule has 0 spiro atoms. The second-order valence-electron chi connectivity index (χ2n) is 5.37. The first kappa shape index (κ1) is 14.8. The van der Waals surface area contributed by atoms with E-state index in [0.29, 0.717) is 10.7 Å². The summed E-state index contributed by atoms with van der Waals surface area (Å²) in [4.78, 5) is 23.0. The van der Waals surface area contributed by atoms with Crippen LogP contribution in [0.3, 0.4) is 0 Å². The van der Waals surface area contributed by atoms with Crippen LogP contribution in [0.15, 0.2) is 30.6 Å². The van der Waals surface area contributed by atoms with Crippen molar-refractivity contribution in [3.63, 3.8) is 0 Å². The average molecular weight is 317 g/mol. The molecule has 5 nitrogen and oxygen atoms in total. The van der Waals surface area contributed by atoms with Crippen LogP contribution in [0, 0.1) is 6.92 Å². The predicted molar refractivity (Wildman–Crippen MR) is 87.6 cm³/mol. The van der Waals surface area contributed by atoms with Gasteiger partial charge >= 0.3 is 0 Å². The number of rotatable bonds is 3. The third-order valence-electron chi connectivity index (χ3n) is 3.74. The fraction of sp³-hybridized carbons (Fsp3) is 0.312. The number of aromatic nitrogens is 2. The van der Waals surface area contributed by atoms with Crippen LogP contribution in [-0.4, -0.2) is 29.0 Å². The summed E-state index contributed by atoms with van der Waals surface area (Å²) in [6, 6.07) is 5.33. The number of nitrogens with one attached hydrogen (secondary N) is 1. The van der Waals surface area contributed by atoms with Gasteiger partial charge in [0.15, 0.2) is 0 Å². The summed E-state index contributed by atoms with van der Waals surface area (Å²) in [5.41, 5.74) is 1.93. The maximum atomic E-state index is 12.2. The van der Waals surface area contributed by atoms with Crippen LogP contribution in [0.2, 0.25) is 5.02 Å². The normalized spacial score (nSPS) is 14.2. The number of amides is 1. The second kappa shape index (κ2) is 6.32. The Kier molecular flexibility index (Phi) is 4.24. The van der Waals surface area contributed by atoms with Gasteiger partial charge in [-0.2, -0.15) is 0 Å². The van der Waals surface area contributed by atoms with Crippen LogP contribution in [0.5, 0.6) is 0 Å². The van der Waals surface area contributed by atoms with Gasteiger partial charge in [-0.15, -0.1) is 0 Å². The van der Waals surface area contributed by atoms with Crippen LogP contribution >= 0.6 is 11.6 Å². The van der Waals surface area contributed by atoms with Crippen LogP contribution in [0.1, 0.15) is 28.9 Å². The first-order chi connectivity index (χ1) is 10.6. The van der Waals surface area contributed by atoms with E-state index in [9.17, 15) is 4.79 Å². The Morgan fingerprint density at radius 2 is 2.00 bits per heavy atom. The third-order valence-corrected chi connectivity index (χ3v) is 3.97. The molecule has 0 atom stereocenters. The number of carbonyl (C=O) groups is 1. The van der Waals surface area contributed by atoms with Crippen molar-refractivity contribution in [2.24, 2.45) is 0 Å². The van der Waals surface area contributed by atoms with Crippen LogP contribution in [-0.2, 0) is 0 Å². The zero-order valence-electron chi connectivity index (χ0n) is 12.3. The van der Waals surface area contributed by atoms with E-state index < -0.39 is 0 Å². The van der Waals surface area contributed by atoms with E-state index in [4.69, 9.17) is 11.6 Å². The van der Waals surface area contributed by atoms with E-state index >= 15 is 0 Å². The highest BCUT2D eigenvalue weighted by atomic mass is 35.5. The van der Waals surface area contributed by atoms with Gasteiger partial charge in [0.25, 0.3) is 5.91 Å². The molecule has 0 bridgehead atoms. The monoisotopic (exact) mass is 316 g/mol. The molecule has 1 amide bonds. The Balaban J connectivity index is 1.71. The van der Waals surface area contributed by atoms with Crippen molar-refractivity contribution in [1.29, 1.82) is 0 Å². The zero-order chi connectivity index (χ0) is 15.5. The number of nitrogens with zero attached hydrogens (tertiary/aromatic N) is 3. The number of halogens is 1. The molecule has 1 aliphatic rings. The molecule has 114 valence electrons. The Morgan fingerprint density at radius 3 is 2.64 bits per heavy atom. The molecular formula is C16H17ClN4O. The summed E-state index contributed by atoms with van der Waals surface area (Å²) >= 11 is 5.91. The molecule has 1 aliphatic heterocycles. The van der Waals surface area contributed by atoms with E-state index in [0.717, 1.165) is 30.2 Å². The number of anilines is 2. The summed E-state index contributed by atoms with van der Waals surface area (Å²) in [6.45, 7) is 3.90. The summed E-state index contributed by atoms with van der Waals surface area (Å²) in [6.07, 6.45) is 5.54. The summed E-state index contributed by atoms with van der Waals surface area (Å²) < 4.78 is 0. The Labute approximate surface area is 134 Å². The van der Waals surface area contributed by atoms with Gasteiger partial charge in [-0.25, -0.2) is 9.97 Å². The van der Waals surface area contributed by atoms with E-state index in [-0.39, 0.29) is 5.91 Å². The number of carbonyl (C=O) groups excluding carboxylic acids is 1. The minimum absolute atomic E-state index is 0.272. The highest BCUT2D eigenvalue weighted by molar-refractivity contribution is 6.30. The molecule has 1 aromatic carbocycles. The molecule has 0 unspecified atom stereocenters. The first-order valence-corrected chi connectivity index (χ1v) is 7.66. The van der Waals surface area contributed by atoms with Crippen molar-refractivity contribution >= 4 is 29.0 Å². The van der Waals surface area contributed by atoms with Crippen molar-refractivity contribution in [1.82, 2.24) is 9.97 Å². The van der Waals surface area contributed by atoms with E-state index in [2.05, 4.69) is 20.2 Å². The third kappa shape index (κ3) is 3.20. The molecule has 2 heterocycles. The maximum Gasteiger partial charge on any atom is 0.275 e. The summed E-state index contributed by atoms with van der Waals surface area (Å²) in [5, 5.41) is 3.47. The van der Waals surface area contributed by atoms with Gasteiger partial charge in [0.2, 0.25) is 0 Å². The lowest BCUT2D eigenvalue weighted by Gasteiger charge is -2.15. The van der Waals surface area contributed by atoms with Crippen molar-refractivity contribution in [3.05, 3.63) is 46.9 Å². The smallest absolute Gasteiger partial charge is 0.275 e. The van der Waals surface area contributed by atoms with Crippen molar-refractivity contribution < 1.29 is 4.79 Å². The number of benzene rings is 1. The lowest BCUT2D eigenvalue weighted by atomic mass is 10.2. The minimum Gasteiger partial charge on any atom is -0.355 e. The van der Waals surface area contributed by atoms with Gasteiger partial charge < -0.3 is 10.2 Å². The van der Waals surface area contributed by atoms with E-state index in [1.807, 2.05) is 6.92 Å². The molecule has 6 heteroatoms. The quantitative estimate of drug-likeness (QED) is 0.944. The van der Waals surface area contributed by atoms with Crippen LogP contribution < -0.4 is 10.2 Å². The molecule has 0 aliphatic carbocycles. The molecule has 1 saturated heterocycles. The van der Waals surface area contributed by atoms with Gasteiger partial charge in [-0.1, -0.05) is 11.6 Å². The van der Waals surface area contributed by atoms with Gasteiger partial charge in [-0.3, -0.25) is 4.79 Å². The number of hydrogen-bond acceptors (Lipinski definition) is 4. The SMILES string of the molecule is Cc1cc(Cl)ccc1NC(=O)c1cnc(N2CCCC2)cn1. The van der Waals surface area contributed by atoms with Gasteiger partial charge in [0.1, 0.15) is 11.5 Å². The molecule has 22 heavy (non-hydrogen) atoms. The van der Waals surface area contributed by atoms with Crippen LogP contribution in [0.4, 0.5) is 11.5 Å². The minimum atomic E-state index is -0.272. The van der Waals surface area contributed by atoms with Gasteiger partial charge in [0.05, 0.1) is 12.4 Å². The van der Waals surface area contributed by atoms with Crippen molar-refractivity contribution in [2.45, 2.75) is 19.8 Å². The summed E-state index contributed by atoms with van der Waals surface area (Å²) in [7, 11) is 0. The van der Waals surface area contributed by atoms with E-state index in [1.165, 1.54) is 19.0 Å². The van der Waals surface area contributed by atoms with Crippen molar-refractivity contribution in [3.8, 4) is 0 Å². The first-order valence-electron chi connectivity index (χ1n) is 7.28. The molecule has 0 radical (unpaired) electrons. The van der Waals surface area contributed by atoms with E-state index in [1.54, 1.807) is 24.4 Å². The Morgan fingerprint density at radius 1 is 1.23 bits per heavy atom. The van der Waals surface area contributed by atoms with Gasteiger partial charge in [-0.05, 0) is 43.5 Å². The highest BCUT2D eigenvalue weighted by Gasteiger charge is 2.15.